The summed E-state index contributed by atoms with van der Waals surface area (Å²) in [4.78, 5) is 31.9. The van der Waals surface area contributed by atoms with E-state index < -0.39 is 16.1 Å². The lowest BCUT2D eigenvalue weighted by atomic mass is 10.1. The van der Waals surface area contributed by atoms with Crippen molar-refractivity contribution in [2.75, 3.05) is 63.8 Å². The van der Waals surface area contributed by atoms with E-state index in [2.05, 4.69) is 22.0 Å². The van der Waals surface area contributed by atoms with Gasteiger partial charge in [0.05, 0.1) is 4.90 Å². The number of sulfonamides is 1. The molecule has 0 saturated carbocycles. The molecule has 1 aromatic rings. The third-order valence-electron chi connectivity index (χ3n) is 6.88. The van der Waals surface area contributed by atoms with Gasteiger partial charge in [-0.05, 0) is 43.3 Å². The van der Waals surface area contributed by atoms with Crippen LogP contribution in [0.3, 0.4) is 0 Å². The van der Waals surface area contributed by atoms with Crippen molar-refractivity contribution in [1.29, 1.82) is 0 Å². The normalized spacial score (nSPS) is 19.4. The van der Waals surface area contributed by atoms with E-state index in [0.717, 1.165) is 45.7 Å². The van der Waals surface area contributed by atoms with Gasteiger partial charge >= 0.3 is 0 Å². The van der Waals surface area contributed by atoms with Crippen LogP contribution in [0, 0.1) is 0 Å². The van der Waals surface area contributed by atoms with Crippen LogP contribution in [-0.2, 0) is 26.0 Å². The molecule has 2 amide bonds. The Morgan fingerprint density at radius 1 is 1.06 bits per heavy atom. The van der Waals surface area contributed by atoms with Crippen molar-refractivity contribution in [3.8, 4) is 0 Å². The van der Waals surface area contributed by atoms with Gasteiger partial charge in [0.2, 0.25) is 21.8 Å². The van der Waals surface area contributed by atoms with Crippen LogP contribution < -0.4 is 10.2 Å². The summed E-state index contributed by atoms with van der Waals surface area (Å²) < 4.78 is 27.3. The zero-order valence-electron chi connectivity index (χ0n) is 20.9. The first-order valence-corrected chi connectivity index (χ1v) is 13.8. The summed E-state index contributed by atoms with van der Waals surface area (Å²) in [5.41, 5.74) is 1.32. The average molecular weight is 494 g/mol. The number of rotatable bonds is 10. The molecule has 0 spiro atoms. The number of nitrogens with zero attached hydrogens (tertiary/aromatic N) is 4. The molecule has 10 heteroatoms. The number of nitrogens with one attached hydrogen (secondary N) is 1. The molecule has 1 unspecified atom stereocenters. The molecule has 0 aromatic heterocycles. The average Bonchev–Trinajstić information content (AvgIpc) is 3.22. The van der Waals surface area contributed by atoms with Crippen molar-refractivity contribution in [1.82, 2.24) is 19.4 Å². The number of anilines is 1. The molecule has 1 atom stereocenters. The Morgan fingerprint density at radius 3 is 2.29 bits per heavy atom. The van der Waals surface area contributed by atoms with Crippen LogP contribution in [0.25, 0.3) is 0 Å². The Labute approximate surface area is 204 Å². The Morgan fingerprint density at radius 2 is 1.71 bits per heavy atom. The molecule has 2 heterocycles. The number of piperazine rings is 1. The summed E-state index contributed by atoms with van der Waals surface area (Å²) in [5.74, 6) is -0.428. The lowest BCUT2D eigenvalue weighted by molar-refractivity contribution is -0.125. The number of fused-ring (bicyclic) bond motifs is 1. The molecule has 0 radical (unpaired) electrons. The lowest BCUT2D eigenvalue weighted by Gasteiger charge is -2.34. The van der Waals surface area contributed by atoms with Crippen LogP contribution in [0.2, 0.25) is 0 Å². The molecule has 0 aliphatic carbocycles. The van der Waals surface area contributed by atoms with Crippen molar-refractivity contribution in [2.24, 2.45) is 0 Å². The highest BCUT2D eigenvalue weighted by Gasteiger charge is 2.37. The second-order valence-corrected chi connectivity index (χ2v) is 10.8. The summed E-state index contributed by atoms with van der Waals surface area (Å²) in [6.45, 7) is 14.8. The molecule has 2 aliphatic rings. The van der Waals surface area contributed by atoms with Gasteiger partial charge in [0, 0.05) is 64.8 Å². The van der Waals surface area contributed by atoms with Gasteiger partial charge < -0.3 is 15.1 Å². The van der Waals surface area contributed by atoms with E-state index >= 15 is 0 Å². The van der Waals surface area contributed by atoms with Gasteiger partial charge in [0.15, 0.2) is 0 Å². The van der Waals surface area contributed by atoms with Crippen LogP contribution in [0.4, 0.5) is 5.69 Å². The fourth-order valence-corrected chi connectivity index (χ4v) is 6.37. The zero-order valence-corrected chi connectivity index (χ0v) is 21.7. The van der Waals surface area contributed by atoms with Crippen LogP contribution in [0.1, 0.15) is 39.7 Å². The predicted molar refractivity (Wildman–Crippen MR) is 133 cm³/mol. The van der Waals surface area contributed by atoms with Crippen LogP contribution in [0.5, 0.6) is 0 Å². The Hall–Kier alpha value is -2.01. The largest absolute Gasteiger partial charge is 0.354 e. The maximum Gasteiger partial charge on any atom is 0.243 e. The minimum absolute atomic E-state index is 0.197. The number of benzene rings is 1. The molecule has 190 valence electrons. The van der Waals surface area contributed by atoms with Gasteiger partial charge in [-0.25, -0.2) is 8.42 Å². The number of hydrogen-bond acceptors (Lipinski definition) is 6. The van der Waals surface area contributed by atoms with E-state index in [4.69, 9.17) is 0 Å². The van der Waals surface area contributed by atoms with Crippen molar-refractivity contribution in [3.63, 3.8) is 0 Å². The van der Waals surface area contributed by atoms with E-state index in [-0.39, 0.29) is 16.7 Å². The minimum Gasteiger partial charge on any atom is -0.354 e. The maximum absolute atomic E-state index is 13.0. The SMILES string of the molecule is CCN1CCN(CCCNC(=O)C2Cc3cc(S(=O)(=O)N(CC)CC)ccc3N2C(C)=O)CC1. The summed E-state index contributed by atoms with van der Waals surface area (Å²) in [5, 5.41) is 2.99. The second kappa shape index (κ2) is 11.6. The highest BCUT2D eigenvalue weighted by molar-refractivity contribution is 7.89. The van der Waals surface area contributed by atoms with Gasteiger partial charge in [0.25, 0.3) is 0 Å². The molecule has 1 N–H and O–H groups in total. The smallest absolute Gasteiger partial charge is 0.243 e. The number of amides is 2. The fraction of sp³-hybridized carbons (Fsp3) is 0.667. The highest BCUT2D eigenvalue weighted by atomic mass is 32.2. The number of carbonyl (C=O) groups is 2. The molecule has 1 fully saturated rings. The van der Waals surface area contributed by atoms with E-state index in [1.165, 1.54) is 22.2 Å². The molecule has 9 nitrogen and oxygen atoms in total. The van der Waals surface area contributed by atoms with Gasteiger partial charge in [0.1, 0.15) is 6.04 Å². The van der Waals surface area contributed by atoms with E-state index in [1.807, 2.05) is 0 Å². The molecular weight excluding hydrogens is 454 g/mol. The topological polar surface area (TPSA) is 93.3 Å². The van der Waals surface area contributed by atoms with Crippen LogP contribution in [-0.4, -0.2) is 99.3 Å². The van der Waals surface area contributed by atoms with Gasteiger partial charge in [-0.3, -0.25) is 14.5 Å². The van der Waals surface area contributed by atoms with Gasteiger partial charge in [-0.1, -0.05) is 20.8 Å². The quantitative estimate of drug-likeness (QED) is 0.492. The first-order valence-electron chi connectivity index (χ1n) is 12.4. The fourth-order valence-electron chi connectivity index (χ4n) is 4.86. The molecule has 1 saturated heterocycles. The van der Waals surface area contributed by atoms with E-state index in [9.17, 15) is 18.0 Å². The first-order chi connectivity index (χ1) is 16.2. The Kier molecular flexibility index (Phi) is 9.08. The number of likely N-dealkylation sites (N-methyl/N-ethyl adjacent to an activating group) is 1. The van der Waals surface area contributed by atoms with Crippen molar-refractivity contribution < 1.29 is 18.0 Å². The van der Waals surface area contributed by atoms with E-state index in [0.29, 0.717) is 37.3 Å². The number of carbonyl (C=O) groups excluding carboxylic acids is 2. The van der Waals surface area contributed by atoms with Crippen molar-refractivity contribution >= 4 is 27.5 Å². The predicted octanol–water partition coefficient (Wildman–Crippen LogP) is 1.14. The zero-order chi connectivity index (χ0) is 24.9. The Bertz CT molecular complexity index is 972. The highest BCUT2D eigenvalue weighted by Crippen LogP contribution is 2.34. The number of hydrogen-bond donors (Lipinski definition) is 1. The summed E-state index contributed by atoms with van der Waals surface area (Å²) in [6, 6.07) is 4.13. The van der Waals surface area contributed by atoms with Crippen LogP contribution >= 0.6 is 0 Å². The lowest BCUT2D eigenvalue weighted by Crippen LogP contribution is -2.48. The summed E-state index contributed by atoms with van der Waals surface area (Å²) >= 11 is 0. The molecule has 34 heavy (non-hydrogen) atoms. The van der Waals surface area contributed by atoms with Crippen molar-refractivity contribution in [2.45, 2.75) is 51.5 Å². The summed E-state index contributed by atoms with van der Waals surface area (Å²) in [6.07, 6.45) is 1.16. The monoisotopic (exact) mass is 493 g/mol. The second-order valence-electron chi connectivity index (χ2n) is 8.91. The third kappa shape index (κ3) is 5.79. The maximum atomic E-state index is 13.0. The van der Waals surface area contributed by atoms with Gasteiger partial charge in [-0.2, -0.15) is 4.31 Å². The van der Waals surface area contributed by atoms with Gasteiger partial charge in [-0.15, -0.1) is 0 Å². The Balaban J connectivity index is 1.62. The van der Waals surface area contributed by atoms with Crippen LogP contribution in [0.15, 0.2) is 23.1 Å². The molecule has 3 rings (SSSR count). The molecular formula is C24H39N5O4S. The molecule has 0 bridgehead atoms. The first kappa shape index (κ1) is 26.6. The summed E-state index contributed by atoms with van der Waals surface area (Å²) in [7, 11) is -3.61. The van der Waals surface area contributed by atoms with Crippen molar-refractivity contribution in [3.05, 3.63) is 23.8 Å². The van der Waals surface area contributed by atoms with E-state index in [1.54, 1.807) is 26.0 Å². The standard InChI is InChI=1S/C24H39N5O4S/c1-5-26-13-15-27(16-14-26)12-8-11-25-24(31)23-18-20-17-21(34(32,33)28(6-2)7-3)9-10-22(20)29(23)19(4)30/h9-10,17,23H,5-8,11-16,18H2,1-4H3,(H,25,31). The minimum atomic E-state index is -3.61. The molecule has 1 aromatic carbocycles. The molecule has 2 aliphatic heterocycles. The third-order valence-corrected chi connectivity index (χ3v) is 8.93.